The van der Waals surface area contributed by atoms with Crippen LogP contribution in [0.5, 0.6) is 0 Å². The number of nitrogens with zero attached hydrogens (tertiary/aromatic N) is 1. The molecule has 1 aromatic rings. The summed E-state index contributed by atoms with van der Waals surface area (Å²) < 4.78 is 0. The summed E-state index contributed by atoms with van der Waals surface area (Å²) in [5.74, 6) is -0.704. The molecule has 0 aliphatic heterocycles. The number of thiazole rings is 1. The summed E-state index contributed by atoms with van der Waals surface area (Å²) in [6.45, 7) is 5.86. The van der Waals surface area contributed by atoms with Crippen molar-refractivity contribution in [1.29, 1.82) is 0 Å². The van der Waals surface area contributed by atoms with E-state index < -0.39 is 11.4 Å². The molecule has 2 N–H and O–H groups in total. The highest BCUT2D eigenvalue weighted by Gasteiger charge is 2.43. The molecular formula is C13H20N2O2S. The van der Waals surface area contributed by atoms with Gasteiger partial charge in [0, 0.05) is 10.9 Å². The maximum absolute atomic E-state index is 11.5. The largest absolute Gasteiger partial charge is 0.481 e. The lowest BCUT2D eigenvalue weighted by Gasteiger charge is -2.38. The number of aliphatic carboxylic acids is 1. The number of anilines is 1. The van der Waals surface area contributed by atoms with Crippen molar-refractivity contribution < 1.29 is 9.90 Å². The predicted octanol–water partition coefficient (Wildman–Crippen LogP) is 3.21. The van der Waals surface area contributed by atoms with Gasteiger partial charge < -0.3 is 10.4 Å². The Labute approximate surface area is 111 Å². The molecule has 5 heteroatoms. The Hall–Kier alpha value is -1.10. The van der Waals surface area contributed by atoms with Gasteiger partial charge in [-0.1, -0.05) is 12.8 Å². The monoisotopic (exact) mass is 268 g/mol. The summed E-state index contributed by atoms with van der Waals surface area (Å²) in [7, 11) is 0. The van der Waals surface area contributed by atoms with Gasteiger partial charge in [0.05, 0.1) is 11.1 Å². The Morgan fingerprint density at radius 1 is 1.50 bits per heavy atom. The first-order valence-corrected chi connectivity index (χ1v) is 7.19. The van der Waals surface area contributed by atoms with E-state index in [4.69, 9.17) is 0 Å². The molecule has 1 fully saturated rings. The van der Waals surface area contributed by atoms with Crippen LogP contribution in [0.3, 0.4) is 0 Å². The number of carboxylic acids is 1. The van der Waals surface area contributed by atoms with Crippen LogP contribution in [0.15, 0.2) is 0 Å². The smallest absolute Gasteiger partial charge is 0.311 e. The van der Waals surface area contributed by atoms with Crippen LogP contribution in [0.2, 0.25) is 0 Å². The summed E-state index contributed by atoms with van der Waals surface area (Å²) >= 11 is 1.61. The first kappa shape index (κ1) is 13.3. The lowest BCUT2D eigenvalue weighted by atomic mass is 9.72. The number of hydrogen-bond acceptors (Lipinski definition) is 4. The van der Waals surface area contributed by atoms with Crippen molar-refractivity contribution in [2.24, 2.45) is 5.41 Å². The third-order valence-corrected chi connectivity index (χ3v) is 5.03. The van der Waals surface area contributed by atoms with Gasteiger partial charge in [0.2, 0.25) is 0 Å². The van der Waals surface area contributed by atoms with Crippen LogP contribution in [0.25, 0.3) is 0 Å². The lowest BCUT2D eigenvalue weighted by Crippen LogP contribution is -2.46. The van der Waals surface area contributed by atoms with Gasteiger partial charge >= 0.3 is 5.97 Å². The number of nitrogens with one attached hydrogen (secondary N) is 1. The van der Waals surface area contributed by atoms with Gasteiger partial charge in [-0.15, -0.1) is 11.3 Å². The fourth-order valence-corrected chi connectivity index (χ4v) is 3.37. The van der Waals surface area contributed by atoms with E-state index in [1.54, 1.807) is 11.3 Å². The lowest BCUT2D eigenvalue weighted by molar-refractivity contribution is -0.150. The second-order valence-corrected chi connectivity index (χ2v) is 6.53. The van der Waals surface area contributed by atoms with E-state index in [-0.39, 0.29) is 6.04 Å². The second-order valence-electron chi connectivity index (χ2n) is 5.33. The molecule has 4 nitrogen and oxygen atoms in total. The molecule has 1 heterocycles. The number of aromatic nitrogens is 1. The van der Waals surface area contributed by atoms with E-state index in [1.807, 2.05) is 20.8 Å². The Balaban J connectivity index is 2.17. The molecule has 0 spiro atoms. The van der Waals surface area contributed by atoms with Crippen LogP contribution >= 0.6 is 11.3 Å². The van der Waals surface area contributed by atoms with Gasteiger partial charge in [-0.25, -0.2) is 4.98 Å². The molecule has 2 unspecified atom stereocenters. The van der Waals surface area contributed by atoms with Gasteiger partial charge in [-0.2, -0.15) is 0 Å². The first-order chi connectivity index (χ1) is 8.43. The predicted molar refractivity (Wildman–Crippen MR) is 73.2 cm³/mol. The van der Waals surface area contributed by atoms with Crippen molar-refractivity contribution in [3.05, 3.63) is 10.6 Å². The molecule has 2 rings (SSSR count). The summed E-state index contributed by atoms with van der Waals surface area (Å²) in [4.78, 5) is 17.1. The minimum absolute atomic E-state index is 0.0197. The number of carboxylic acid groups (broad SMARTS) is 1. The zero-order chi connectivity index (χ0) is 13.3. The summed E-state index contributed by atoms with van der Waals surface area (Å²) in [6.07, 6.45) is 3.73. The van der Waals surface area contributed by atoms with Crippen molar-refractivity contribution in [3.8, 4) is 0 Å². The van der Waals surface area contributed by atoms with E-state index in [1.165, 1.54) is 4.88 Å². The van der Waals surface area contributed by atoms with Gasteiger partial charge in [0.1, 0.15) is 0 Å². The highest BCUT2D eigenvalue weighted by Crippen LogP contribution is 2.38. The number of aryl methyl sites for hydroxylation is 2. The normalized spacial score (nSPS) is 28.1. The van der Waals surface area contributed by atoms with E-state index in [2.05, 4.69) is 10.3 Å². The van der Waals surface area contributed by atoms with Gasteiger partial charge in [-0.3, -0.25) is 4.79 Å². The van der Waals surface area contributed by atoms with Crippen LogP contribution in [-0.4, -0.2) is 22.1 Å². The standard InChI is InChI=1S/C13H20N2O2S/c1-8-9(2)18-12(14-8)15-10-6-4-5-7-13(10,3)11(16)17/h10H,4-7H2,1-3H3,(H,14,15)(H,16,17). The Morgan fingerprint density at radius 3 is 2.78 bits per heavy atom. The summed E-state index contributed by atoms with van der Waals surface area (Å²) in [6, 6.07) is -0.0197. The van der Waals surface area contributed by atoms with Crippen LogP contribution in [-0.2, 0) is 4.79 Å². The fourth-order valence-electron chi connectivity index (χ4n) is 2.50. The topological polar surface area (TPSA) is 62.2 Å². The van der Waals surface area contributed by atoms with Gasteiger partial charge in [0.15, 0.2) is 5.13 Å². The molecule has 2 atom stereocenters. The second kappa shape index (κ2) is 4.88. The molecule has 0 bridgehead atoms. The molecule has 0 saturated heterocycles. The van der Waals surface area contributed by atoms with Gasteiger partial charge in [-0.05, 0) is 33.6 Å². The number of hydrogen-bond donors (Lipinski definition) is 2. The molecule has 0 amide bonds. The maximum atomic E-state index is 11.5. The van der Waals surface area contributed by atoms with Crippen LogP contribution in [0.4, 0.5) is 5.13 Å². The average molecular weight is 268 g/mol. The molecule has 100 valence electrons. The average Bonchev–Trinajstić information content (AvgIpc) is 2.61. The molecule has 18 heavy (non-hydrogen) atoms. The summed E-state index contributed by atoms with van der Waals surface area (Å²) in [5.41, 5.74) is 0.349. The van der Waals surface area contributed by atoms with E-state index in [0.29, 0.717) is 0 Å². The quantitative estimate of drug-likeness (QED) is 0.883. The van der Waals surface area contributed by atoms with Crippen molar-refractivity contribution in [1.82, 2.24) is 4.98 Å². The molecule has 1 aromatic heterocycles. The Kier molecular flexibility index (Phi) is 3.61. The minimum Gasteiger partial charge on any atom is -0.481 e. The fraction of sp³-hybridized carbons (Fsp3) is 0.692. The van der Waals surface area contributed by atoms with Crippen molar-refractivity contribution in [2.45, 2.75) is 52.5 Å². The highest BCUT2D eigenvalue weighted by molar-refractivity contribution is 7.15. The van der Waals surface area contributed by atoms with Crippen molar-refractivity contribution in [3.63, 3.8) is 0 Å². The summed E-state index contributed by atoms with van der Waals surface area (Å²) in [5, 5.41) is 13.6. The molecule has 1 saturated carbocycles. The number of carbonyl (C=O) groups is 1. The zero-order valence-electron chi connectivity index (χ0n) is 11.1. The van der Waals surface area contributed by atoms with Crippen LogP contribution in [0.1, 0.15) is 43.2 Å². The number of rotatable bonds is 3. The van der Waals surface area contributed by atoms with E-state index in [9.17, 15) is 9.90 Å². The van der Waals surface area contributed by atoms with E-state index >= 15 is 0 Å². The third kappa shape index (κ3) is 2.36. The SMILES string of the molecule is Cc1nc(NC2CCCCC2(C)C(=O)O)sc1C. The van der Waals surface area contributed by atoms with Crippen molar-refractivity contribution in [2.75, 3.05) is 5.32 Å². The van der Waals surface area contributed by atoms with Crippen LogP contribution in [0, 0.1) is 19.3 Å². The van der Waals surface area contributed by atoms with Gasteiger partial charge in [0.25, 0.3) is 0 Å². The first-order valence-electron chi connectivity index (χ1n) is 6.37. The minimum atomic E-state index is -0.704. The van der Waals surface area contributed by atoms with Crippen molar-refractivity contribution >= 4 is 22.4 Å². The third-order valence-electron chi connectivity index (χ3n) is 4.02. The molecular weight excluding hydrogens is 248 g/mol. The van der Waals surface area contributed by atoms with E-state index in [0.717, 1.165) is 36.5 Å². The Morgan fingerprint density at radius 2 is 2.22 bits per heavy atom. The molecule has 1 aliphatic rings. The highest BCUT2D eigenvalue weighted by atomic mass is 32.1. The zero-order valence-corrected chi connectivity index (χ0v) is 11.9. The van der Waals surface area contributed by atoms with Crippen LogP contribution < -0.4 is 5.32 Å². The Bertz CT molecular complexity index is 438. The molecule has 0 aromatic carbocycles. The molecule has 0 radical (unpaired) electrons. The maximum Gasteiger partial charge on any atom is 0.311 e. The molecule has 1 aliphatic carbocycles.